The van der Waals surface area contributed by atoms with Crippen molar-refractivity contribution in [2.45, 2.75) is 31.8 Å². The van der Waals surface area contributed by atoms with Gasteiger partial charge in [0.05, 0.1) is 11.4 Å². The van der Waals surface area contributed by atoms with E-state index in [1.807, 2.05) is 26.0 Å². The van der Waals surface area contributed by atoms with Crippen molar-refractivity contribution in [1.82, 2.24) is 15.6 Å². The maximum Gasteiger partial charge on any atom is 0.279 e. The second-order valence-corrected chi connectivity index (χ2v) is 8.22. The van der Waals surface area contributed by atoms with E-state index in [1.54, 1.807) is 13.0 Å². The predicted octanol–water partition coefficient (Wildman–Crippen LogP) is 1.44. The highest BCUT2D eigenvalue weighted by Gasteiger charge is 2.19. The zero-order valence-corrected chi connectivity index (χ0v) is 17.7. The molecule has 158 valence electrons. The average molecular weight is 429 g/mol. The van der Waals surface area contributed by atoms with Crippen LogP contribution in [0.4, 0.5) is 0 Å². The van der Waals surface area contributed by atoms with Gasteiger partial charge in [-0.1, -0.05) is 24.1 Å². The van der Waals surface area contributed by atoms with E-state index in [0.717, 1.165) is 11.1 Å². The Morgan fingerprint density at radius 3 is 2.53 bits per heavy atom. The van der Waals surface area contributed by atoms with Crippen molar-refractivity contribution in [2.75, 3.05) is 6.54 Å². The fourth-order valence-electron chi connectivity index (χ4n) is 2.41. The number of sulfonamides is 1. The van der Waals surface area contributed by atoms with Crippen LogP contribution < -0.4 is 20.3 Å². The summed E-state index contributed by atoms with van der Waals surface area (Å²) in [7, 11) is -3.85. The molecule has 0 radical (unpaired) electrons. The van der Waals surface area contributed by atoms with E-state index in [0.29, 0.717) is 5.75 Å². The number of carbonyl (C=O) groups is 2. The first kappa shape index (κ1) is 22.9. The van der Waals surface area contributed by atoms with Crippen LogP contribution in [0, 0.1) is 26.2 Å². The standard InChI is InChI=1S/C21H23N3O5S/c1-5-12-22-30(27,28)18-10-7-9-17(13-18)21(26)24-23-20(25)16(4)29-19-11-6-8-14(2)15(19)3/h1,6-11,13,16,22H,12H2,2-4H3,(H,23,25)(H,24,26). The quantitative estimate of drug-likeness (QED) is 0.455. The molecule has 1 atom stereocenters. The number of rotatable bonds is 7. The van der Waals surface area contributed by atoms with Gasteiger partial charge in [0.2, 0.25) is 10.0 Å². The van der Waals surface area contributed by atoms with E-state index < -0.39 is 27.9 Å². The molecule has 3 N–H and O–H groups in total. The number of nitrogens with one attached hydrogen (secondary N) is 3. The molecule has 8 nitrogen and oxygen atoms in total. The van der Waals surface area contributed by atoms with Gasteiger partial charge in [-0.15, -0.1) is 6.42 Å². The number of terminal acetylenes is 1. The maximum atomic E-state index is 12.3. The molecule has 0 aliphatic heterocycles. The average Bonchev–Trinajstić information content (AvgIpc) is 2.73. The van der Waals surface area contributed by atoms with Crippen LogP contribution in [-0.4, -0.2) is 32.9 Å². The first-order valence-electron chi connectivity index (χ1n) is 9.02. The SMILES string of the molecule is C#CCNS(=O)(=O)c1cccc(C(=O)NNC(=O)C(C)Oc2cccc(C)c2C)c1. The highest BCUT2D eigenvalue weighted by Crippen LogP contribution is 2.21. The first-order chi connectivity index (χ1) is 14.2. The van der Waals surface area contributed by atoms with Crippen LogP contribution in [0.25, 0.3) is 0 Å². The number of benzene rings is 2. The van der Waals surface area contributed by atoms with E-state index in [1.165, 1.54) is 24.3 Å². The zero-order valence-electron chi connectivity index (χ0n) is 16.9. The van der Waals surface area contributed by atoms with Crippen molar-refractivity contribution in [2.24, 2.45) is 0 Å². The molecule has 0 spiro atoms. The van der Waals surface area contributed by atoms with Gasteiger partial charge in [-0.25, -0.2) is 8.42 Å². The molecular formula is C21H23N3O5S. The van der Waals surface area contributed by atoms with E-state index in [-0.39, 0.29) is 17.0 Å². The molecule has 0 aliphatic rings. The Hall–Kier alpha value is -3.35. The molecule has 2 rings (SSSR count). The van der Waals surface area contributed by atoms with Gasteiger partial charge in [-0.3, -0.25) is 20.4 Å². The van der Waals surface area contributed by atoms with Crippen molar-refractivity contribution in [1.29, 1.82) is 0 Å². The van der Waals surface area contributed by atoms with Crippen LogP contribution in [0.1, 0.15) is 28.4 Å². The molecule has 0 saturated carbocycles. The first-order valence-corrected chi connectivity index (χ1v) is 10.5. The van der Waals surface area contributed by atoms with Crippen LogP contribution in [0.2, 0.25) is 0 Å². The van der Waals surface area contributed by atoms with E-state index in [4.69, 9.17) is 11.2 Å². The topological polar surface area (TPSA) is 114 Å². The molecule has 9 heteroatoms. The summed E-state index contributed by atoms with van der Waals surface area (Å²) in [5.41, 5.74) is 6.51. The fourth-order valence-corrected chi connectivity index (χ4v) is 3.39. The van der Waals surface area contributed by atoms with Gasteiger partial charge in [-0.2, -0.15) is 4.72 Å². The summed E-state index contributed by atoms with van der Waals surface area (Å²) in [5, 5.41) is 0. The Morgan fingerprint density at radius 2 is 1.83 bits per heavy atom. The number of hydrogen-bond acceptors (Lipinski definition) is 5. The van der Waals surface area contributed by atoms with Crippen LogP contribution >= 0.6 is 0 Å². The van der Waals surface area contributed by atoms with E-state index in [9.17, 15) is 18.0 Å². The number of hydrogen-bond donors (Lipinski definition) is 3. The summed E-state index contributed by atoms with van der Waals surface area (Å²) in [4.78, 5) is 24.4. The summed E-state index contributed by atoms with van der Waals surface area (Å²) in [6.07, 6.45) is 4.19. The lowest BCUT2D eigenvalue weighted by Crippen LogP contribution is -2.47. The minimum atomic E-state index is -3.85. The number of amides is 2. The van der Waals surface area contributed by atoms with Gasteiger partial charge in [0.15, 0.2) is 6.10 Å². The van der Waals surface area contributed by atoms with Crippen LogP contribution in [0.15, 0.2) is 47.4 Å². The van der Waals surface area contributed by atoms with Crippen LogP contribution in [0.3, 0.4) is 0 Å². The summed E-state index contributed by atoms with van der Waals surface area (Å²) in [6.45, 7) is 5.20. The largest absolute Gasteiger partial charge is 0.481 e. The van der Waals surface area contributed by atoms with E-state index >= 15 is 0 Å². The number of ether oxygens (including phenoxy) is 1. The lowest BCUT2D eigenvalue weighted by Gasteiger charge is -2.17. The van der Waals surface area contributed by atoms with Gasteiger partial charge in [0, 0.05) is 5.56 Å². The summed E-state index contributed by atoms with van der Waals surface area (Å²) in [6, 6.07) is 10.8. The molecular weight excluding hydrogens is 406 g/mol. The predicted molar refractivity (Wildman–Crippen MR) is 112 cm³/mol. The van der Waals surface area contributed by atoms with Crippen molar-refractivity contribution < 1.29 is 22.7 Å². The molecule has 1 unspecified atom stereocenters. The molecule has 2 aromatic carbocycles. The third kappa shape index (κ3) is 5.83. The molecule has 0 bridgehead atoms. The van der Waals surface area contributed by atoms with E-state index in [2.05, 4.69) is 21.5 Å². The molecule has 0 aromatic heterocycles. The Labute approximate surface area is 176 Å². The molecule has 2 amide bonds. The van der Waals surface area contributed by atoms with Crippen LogP contribution in [0.5, 0.6) is 5.75 Å². The number of aryl methyl sites for hydroxylation is 1. The Morgan fingerprint density at radius 1 is 1.13 bits per heavy atom. The minimum Gasteiger partial charge on any atom is -0.481 e. The van der Waals surface area contributed by atoms with Crippen molar-refractivity contribution >= 4 is 21.8 Å². The zero-order chi connectivity index (χ0) is 22.3. The van der Waals surface area contributed by atoms with Gasteiger partial charge in [0.1, 0.15) is 5.75 Å². The fraction of sp³-hybridized carbons (Fsp3) is 0.238. The molecule has 2 aromatic rings. The molecule has 0 fully saturated rings. The minimum absolute atomic E-state index is 0.0435. The number of carbonyl (C=O) groups excluding carboxylic acids is 2. The van der Waals surface area contributed by atoms with Crippen LogP contribution in [-0.2, 0) is 14.8 Å². The Kier molecular flexibility index (Phi) is 7.58. The molecule has 0 saturated heterocycles. The Balaban J connectivity index is 2.00. The highest BCUT2D eigenvalue weighted by molar-refractivity contribution is 7.89. The third-order valence-electron chi connectivity index (χ3n) is 4.30. The van der Waals surface area contributed by atoms with Gasteiger partial charge in [-0.05, 0) is 56.2 Å². The molecule has 0 aliphatic carbocycles. The second kappa shape index (κ2) is 9.91. The van der Waals surface area contributed by atoms with Gasteiger partial charge >= 0.3 is 0 Å². The lowest BCUT2D eigenvalue weighted by atomic mass is 10.1. The normalized spacial score (nSPS) is 11.8. The van der Waals surface area contributed by atoms with Gasteiger partial charge in [0.25, 0.3) is 11.8 Å². The van der Waals surface area contributed by atoms with Crippen molar-refractivity contribution in [3.05, 3.63) is 59.2 Å². The lowest BCUT2D eigenvalue weighted by molar-refractivity contribution is -0.128. The molecule has 0 heterocycles. The summed E-state index contributed by atoms with van der Waals surface area (Å²) >= 11 is 0. The summed E-state index contributed by atoms with van der Waals surface area (Å²) in [5.74, 6) is 1.49. The molecule has 30 heavy (non-hydrogen) atoms. The number of hydrazine groups is 1. The Bertz CT molecular complexity index is 1090. The summed E-state index contributed by atoms with van der Waals surface area (Å²) < 4.78 is 32.1. The van der Waals surface area contributed by atoms with Gasteiger partial charge < -0.3 is 4.74 Å². The highest BCUT2D eigenvalue weighted by atomic mass is 32.2. The van der Waals surface area contributed by atoms with Crippen molar-refractivity contribution in [3.8, 4) is 18.1 Å². The monoisotopic (exact) mass is 429 g/mol. The van der Waals surface area contributed by atoms with Crippen molar-refractivity contribution in [3.63, 3.8) is 0 Å². The maximum absolute atomic E-state index is 12.3. The smallest absolute Gasteiger partial charge is 0.279 e. The second-order valence-electron chi connectivity index (χ2n) is 6.46. The third-order valence-corrected chi connectivity index (χ3v) is 5.70.